The van der Waals surface area contributed by atoms with Crippen molar-refractivity contribution >= 4 is 15.8 Å². The third-order valence-corrected chi connectivity index (χ3v) is 20.2. The van der Waals surface area contributed by atoms with Gasteiger partial charge in [-0.15, -0.1) is 0 Å². The van der Waals surface area contributed by atoms with Gasteiger partial charge in [0.2, 0.25) is 0 Å². The third-order valence-electron chi connectivity index (χ3n) is 12.3. The number of hydrogen-bond acceptors (Lipinski definition) is 1. The summed E-state index contributed by atoms with van der Waals surface area (Å²) >= 11 is 0. The Morgan fingerprint density at radius 1 is 0.605 bits per heavy atom. The quantitative estimate of drug-likeness (QED) is 0.320. The zero-order chi connectivity index (χ0) is 26.5. The van der Waals surface area contributed by atoms with Gasteiger partial charge in [0.1, 0.15) is 0 Å². The van der Waals surface area contributed by atoms with Crippen molar-refractivity contribution in [3.05, 3.63) is 29.6 Å². The number of aromatic nitrogens is 1. The molecule has 0 unspecified atom stereocenters. The molecule has 0 spiro atoms. The van der Waals surface area contributed by atoms with E-state index in [-0.39, 0.29) is 15.8 Å². The lowest BCUT2D eigenvalue weighted by molar-refractivity contribution is 0.0183. The van der Waals surface area contributed by atoms with Crippen LogP contribution in [0, 0.1) is 35.5 Å². The normalized spacial score (nSPS) is 42.3. The van der Waals surface area contributed by atoms with Crippen LogP contribution < -0.4 is 0 Å². The molecule has 9 rings (SSSR count). The van der Waals surface area contributed by atoms with Gasteiger partial charge in [0, 0.05) is 23.7 Å². The number of rotatable bonds is 6. The molecule has 8 fully saturated rings. The maximum atomic E-state index is 5.57. The minimum atomic E-state index is -0.154. The lowest BCUT2D eigenvalue weighted by Crippen LogP contribution is -2.56. The van der Waals surface area contributed by atoms with E-state index in [0.29, 0.717) is 20.6 Å². The van der Waals surface area contributed by atoms with E-state index in [1.807, 2.05) is 0 Å². The standard InChI is InChI=1S/C35H55NP2/c1-32(2,3)37(33(4,5)6)22-30-8-7-9-31(36-30)23-38(34-16-24-10-25(17-34)12-26(11-24)18-34)35-19-27-13-28(20-35)15-29(14-27)21-35/h7-9,24-29H,10-23H2,1-6H3. The predicted molar refractivity (Wildman–Crippen MR) is 167 cm³/mol. The van der Waals surface area contributed by atoms with Crippen LogP contribution in [-0.2, 0) is 12.3 Å². The van der Waals surface area contributed by atoms with Crippen molar-refractivity contribution in [1.29, 1.82) is 0 Å². The summed E-state index contributed by atoms with van der Waals surface area (Å²) in [5, 5.41) is 2.13. The van der Waals surface area contributed by atoms with Gasteiger partial charge in [0.15, 0.2) is 0 Å². The van der Waals surface area contributed by atoms with Gasteiger partial charge < -0.3 is 0 Å². The van der Waals surface area contributed by atoms with Crippen molar-refractivity contribution in [2.45, 2.75) is 152 Å². The Morgan fingerprint density at radius 2 is 0.947 bits per heavy atom. The van der Waals surface area contributed by atoms with Crippen LogP contribution in [0.2, 0.25) is 0 Å². The fourth-order valence-corrected chi connectivity index (χ4v) is 20.6. The first-order valence-electron chi connectivity index (χ1n) is 16.4. The molecule has 38 heavy (non-hydrogen) atoms. The summed E-state index contributed by atoms with van der Waals surface area (Å²) in [4.78, 5) is 5.57. The molecule has 1 aromatic rings. The molecule has 0 aliphatic heterocycles. The second-order valence-corrected chi connectivity index (χ2v) is 24.3. The van der Waals surface area contributed by atoms with Crippen LogP contribution in [0.15, 0.2) is 18.2 Å². The van der Waals surface area contributed by atoms with Gasteiger partial charge in [-0.1, -0.05) is 63.5 Å². The van der Waals surface area contributed by atoms with Crippen LogP contribution in [0.25, 0.3) is 0 Å². The second-order valence-electron chi connectivity index (χ2n) is 17.4. The van der Waals surface area contributed by atoms with Crippen LogP contribution >= 0.6 is 15.8 Å². The molecule has 1 nitrogen and oxygen atoms in total. The van der Waals surface area contributed by atoms with Gasteiger partial charge in [-0.05, 0) is 145 Å². The largest absolute Gasteiger partial charge is 0.257 e. The predicted octanol–water partition coefficient (Wildman–Crippen LogP) is 10.6. The maximum Gasteiger partial charge on any atom is 0.0450 e. The van der Waals surface area contributed by atoms with Crippen LogP contribution in [0.3, 0.4) is 0 Å². The van der Waals surface area contributed by atoms with Gasteiger partial charge in [-0.2, -0.15) is 0 Å². The topological polar surface area (TPSA) is 12.9 Å². The molecule has 0 N–H and O–H groups in total. The van der Waals surface area contributed by atoms with E-state index in [1.54, 1.807) is 77.0 Å². The molecule has 8 bridgehead atoms. The first-order valence-corrected chi connectivity index (χ1v) is 19.4. The Kier molecular flexibility index (Phi) is 6.55. The fourth-order valence-electron chi connectivity index (χ4n) is 12.1. The molecular weight excluding hydrogens is 496 g/mol. The van der Waals surface area contributed by atoms with Crippen molar-refractivity contribution in [1.82, 2.24) is 4.98 Å². The monoisotopic (exact) mass is 551 g/mol. The average molecular weight is 552 g/mol. The first-order chi connectivity index (χ1) is 17.9. The van der Waals surface area contributed by atoms with Crippen molar-refractivity contribution < 1.29 is 0 Å². The van der Waals surface area contributed by atoms with Gasteiger partial charge in [0.25, 0.3) is 0 Å². The van der Waals surface area contributed by atoms with Crippen LogP contribution in [-0.4, -0.2) is 25.6 Å². The van der Waals surface area contributed by atoms with Crippen molar-refractivity contribution in [3.63, 3.8) is 0 Å². The van der Waals surface area contributed by atoms with E-state index >= 15 is 0 Å². The molecule has 0 saturated heterocycles. The third kappa shape index (κ3) is 4.79. The number of nitrogens with zero attached hydrogens (tertiary/aromatic N) is 1. The van der Waals surface area contributed by atoms with Crippen molar-refractivity contribution in [3.8, 4) is 0 Å². The lowest BCUT2D eigenvalue weighted by atomic mass is 9.55. The SMILES string of the molecule is CC(C)(C)P(Cc1cccc(CP(C23CC4CC(CC(C4)C2)C3)C23CC4CC(CC(C4)C2)C3)n1)C(C)(C)C. The van der Waals surface area contributed by atoms with Gasteiger partial charge in [-0.25, -0.2) is 0 Å². The lowest BCUT2D eigenvalue weighted by Gasteiger charge is -2.67. The molecule has 0 atom stereocenters. The number of pyridine rings is 1. The second kappa shape index (κ2) is 9.26. The fraction of sp³-hybridized carbons (Fsp3) is 0.857. The van der Waals surface area contributed by atoms with Gasteiger partial charge >= 0.3 is 0 Å². The molecule has 1 heterocycles. The molecular formula is C35H55NP2. The molecule has 3 heteroatoms. The van der Waals surface area contributed by atoms with E-state index in [2.05, 4.69) is 59.7 Å². The molecule has 8 aliphatic carbocycles. The molecule has 0 radical (unpaired) electrons. The van der Waals surface area contributed by atoms with Crippen LogP contribution in [0.5, 0.6) is 0 Å². The highest BCUT2D eigenvalue weighted by atomic mass is 31.1. The van der Waals surface area contributed by atoms with E-state index in [9.17, 15) is 0 Å². The maximum absolute atomic E-state index is 5.57. The first kappa shape index (κ1) is 26.9. The average Bonchev–Trinajstić information content (AvgIpc) is 2.78. The molecule has 8 saturated carbocycles. The molecule has 8 aliphatic rings. The van der Waals surface area contributed by atoms with Crippen LogP contribution in [0.1, 0.15) is 130 Å². The Bertz CT molecular complexity index is 916. The van der Waals surface area contributed by atoms with E-state index in [4.69, 9.17) is 4.98 Å². The summed E-state index contributed by atoms with van der Waals surface area (Å²) in [5.74, 6) is 6.43. The summed E-state index contributed by atoms with van der Waals surface area (Å²) in [6.07, 6.45) is 21.7. The Balaban J connectivity index is 1.22. The van der Waals surface area contributed by atoms with E-state index in [1.165, 1.54) is 23.7 Å². The Hall–Kier alpha value is 0.01000. The van der Waals surface area contributed by atoms with Gasteiger partial charge in [0.05, 0.1) is 0 Å². The summed E-state index contributed by atoms with van der Waals surface area (Å²) in [6.45, 7) is 14.8. The minimum Gasteiger partial charge on any atom is -0.257 e. The van der Waals surface area contributed by atoms with E-state index < -0.39 is 0 Å². The zero-order valence-electron chi connectivity index (χ0n) is 25.4. The summed E-state index contributed by atoms with van der Waals surface area (Å²) in [5.41, 5.74) is 2.88. The minimum absolute atomic E-state index is 0.0202. The zero-order valence-corrected chi connectivity index (χ0v) is 27.2. The molecule has 0 aromatic carbocycles. The molecule has 210 valence electrons. The smallest absolute Gasteiger partial charge is 0.0450 e. The van der Waals surface area contributed by atoms with Crippen molar-refractivity contribution in [2.24, 2.45) is 35.5 Å². The van der Waals surface area contributed by atoms with Crippen molar-refractivity contribution in [2.75, 3.05) is 0 Å². The molecule has 0 amide bonds. The number of hydrogen-bond donors (Lipinski definition) is 0. The Labute approximate surface area is 237 Å². The Morgan fingerprint density at radius 3 is 1.29 bits per heavy atom. The summed E-state index contributed by atoms with van der Waals surface area (Å²) in [6, 6.07) is 7.22. The molecule has 1 aromatic heterocycles. The highest BCUT2D eigenvalue weighted by Gasteiger charge is 2.62. The highest BCUT2D eigenvalue weighted by molar-refractivity contribution is 7.60. The summed E-state index contributed by atoms with van der Waals surface area (Å²) < 4.78 is 0. The van der Waals surface area contributed by atoms with Gasteiger partial charge in [-0.3, -0.25) is 4.98 Å². The van der Waals surface area contributed by atoms with E-state index in [0.717, 1.165) is 35.5 Å². The van der Waals surface area contributed by atoms with Crippen LogP contribution in [0.4, 0.5) is 0 Å². The highest BCUT2D eigenvalue weighted by Crippen LogP contribution is 2.79. The summed E-state index contributed by atoms with van der Waals surface area (Å²) in [7, 11) is -0.174.